The molecular formula is C19H27N3O4. The van der Waals surface area contributed by atoms with Gasteiger partial charge in [-0.15, -0.1) is 0 Å². The minimum atomic E-state index is -0.687. The zero-order chi connectivity index (χ0) is 18.1. The molecule has 1 saturated carbocycles. The molecular weight excluding hydrogens is 334 g/mol. The average Bonchev–Trinajstić information content (AvgIpc) is 2.95. The first-order chi connectivity index (χ1) is 12.7. The number of carbonyl (C=O) groups is 1. The summed E-state index contributed by atoms with van der Waals surface area (Å²) in [5.41, 5.74) is 1.10. The summed E-state index contributed by atoms with van der Waals surface area (Å²) >= 11 is 0. The fourth-order valence-electron chi connectivity index (χ4n) is 4.35. The highest BCUT2D eigenvalue weighted by atomic mass is 16.6. The predicted molar refractivity (Wildman–Crippen MR) is 96.1 cm³/mol. The molecule has 3 fully saturated rings. The highest BCUT2D eigenvalue weighted by molar-refractivity contribution is 5.67. The molecule has 0 aromatic heterocycles. The third-order valence-electron chi connectivity index (χ3n) is 5.97. The normalized spacial score (nSPS) is 35.0. The van der Waals surface area contributed by atoms with E-state index < -0.39 is 18.3 Å². The number of carbonyl (C=O) groups excluding carboxylic acids is 1. The van der Waals surface area contributed by atoms with Crippen LogP contribution in [0.3, 0.4) is 0 Å². The first kappa shape index (κ1) is 17.6. The summed E-state index contributed by atoms with van der Waals surface area (Å²) in [5.74, 6) is 2.79. The highest BCUT2D eigenvalue weighted by Crippen LogP contribution is 2.47. The van der Waals surface area contributed by atoms with Gasteiger partial charge in [0.15, 0.2) is 0 Å². The number of β-amino-alcohol motifs (C(OH)–C–C–N with tert-alkyl or cyclic N) is 1. The van der Waals surface area contributed by atoms with Gasteiger partial charge in [0.1, 0.15) is 18.0 Å². The van der Waals surface area contributed by atoms with E-state index in [-0.39, 0.29) is 6.04 Å². The maximum absolute atomic E-state index is 12.2. The molecule has 6 atom stereocenters. The molecule has 2 heterocycles. The van der Waals surface area contributed by atoms with Crippen LogP contribution in [-0.4, -0.2) is 62.7 Å². The van der Waals surface area contributed by atoms with Gasteiger partial charge in [-0.1, -0.05) is 12.1 Å². The van der Waals surface area contributed by atoms with Crippen LogP contribution in [0, 0.1) is 17.8 Å². The van der Waals surface area contributed by atoms with Crippen molar-refractivity contribution in [2.24, 2.45) is 17.8 Å². The van der Waals surface area contributed by atoms with Gasteiger partial charge >= 0.3 is 6.09 Å². The summed E-state index contributed by atoms with van der Waals surface area (Å²) in [5, 5.41) is 19.7. The maximum Gasteiger partial charge on any atom is 0.407 e. The van der Waals surface area contributed by atoms with E-state index in [0.717, 1.165) is 24.4 Å². The van der Waals surface area contributed by atoms with Crippen LogP contribution in [0.5, 0.6) is 5.75 Å². The van der Waals surface area contributed by atoms with Gasteiger partial charge in [-0.05, 0) is 55.0 Å². The number of amides is 1. The molecule has 2 aliphatic heterocycles. The van der Waals surface area contributed by atoms with Crippen LogP contribution in [0.25, 0.3) is 0 Å². The molecule has 1 unspecified atom stereocenters. The molecule has 1 amide bonds. The van der Waals surface area contributed by atoms with Crippen molar-refractivity contribution < 1.29 is 19.4 Å². The Morgan fingerprint density at radius 2 is 1.96 bits per heavy atom. The first-order valence-electron chi connectivity index (χ1n) is 9.35. The average molecular weight is 361 g/mol. The molecule has 0 radical (unpaired) electrons. The zero-order valence-corrected chi connectivity index (χ0v) is 15.0. The third kappa shape index (κ3) is 3.65. The Morgan fingerprint density at radius 1 is 1.23 bits per heavy atom. The molecule has 1 aliphatic carbocycles. The molecule has 2 saturated heterocycles. The molecule has 142 valence electrons. The van der Waals surface area contributed by atoms with Gasteiger partial charge in [-0.25, -0.2) is 4.79 Å². The lowest BCUT2D eigenvalue weighted by atomic mass is 10.0. The fourth-order valence-corrected chi connectivity index (χ4v) is 4.35. The topological polar surface area (TPSA) is 91.8 Å². The second-order valence-corrected chi connectivity index (χ2v) is 7.53. The summed E-state index contributed by atoms with van der Waals surface area (Å²) in [7, 11) is 1.64. The Kier molecular flexibility index (Phi) is 5.02. The van der Waals surface area contributed by atoms with Gasteiger partial charge in [0.05, 0.1) is 13.2 Å². The number of benzene rings is 1. The first-order valence-corrected chi connectivity index (χ1v) is 9.35. The van der Waals surface area contributed by atoms with Crippen LogP contribution >= 0.6 is 0 Å². The standard InChI is InChI=1S/C19H27N3O4/c1-25-12-4-2-11(3-5-12)6-16-18(17(23)10-21-16)26-19(24)22-9-15-13-7-20-8-14(13)15/h2-5,13-18,20-21,23H,6-10H2,1H3,(H,22,24)/t13-,14+,15?,16-,17+,18+/m1/s1. The molecule has 0 bridgehead atoms. The Balaban J connectivity index is 1.28. The second kappa shape index (κ2) is 7.42. The molecule has 26 heavy (non-hydrogen) atoms. The van der Waals surface area contributed by atoms with E-state index in [2.05, 4.69) is 16.0 Å². The number of hydrogen-bond acceptors (Lipinski definition) is 6. The number of aliphatic hydroxyl groups excluding tert-OH is 1. The third-order valence-corrected chi connectivity index (χ3v) is 5.97. The molecule has 4 N–H and O–H groups in total. The molecule has 0 spiro atoms. The number of alkyl carbamates (subject to hydrolysis) is 1. The minimum Gasteiger partial charge on any atom is -0.497 e. The number of ether oxygens (including phenoxy) is 2. The van der Waals surface area contributed by atoms with E-state index in [1.807, 2.05) is 24.3 Å². The molecule has 3 aliphatic rings. The van der Waals surface area contributed by atoms with Crippen LogP contribution in [-0.2, 0) is 11.2 Å². The maximum atomic E-state index is 12.2. The van der Waals surface area contributed by atoms with E-state index in [4.69, 9.17) is 9.47 Å². The fraction of sp³-hybridized carbons (Fsp3) is 0.632. The van der Waals surface area contributed by atoms with Crippen molar-refractivity contribution in [1.82, 2.24) is 16.0 Å². The molecule has 1 aromatic carbocycles. The van der Waals surface area contributed by atoms with Crippen molar-refractivity contribution in [3.05, 3.63) is 29.8 Å². The van der Waals surface area contributed by atoms with Crippen molar-refractivity contribution in [3.8, 4) is 5.75 Å². The van der Waals surface area contributed by atoms with Crippen LogP contribution in [0.1, 0.15) is 5.56 Å². The van der Waals surface area contributed by atoms with Crippen molar-refractivity contribution in [1.29, 1.82) is 0 Å². The van der Waals surface area contributed by atoms with Crippen LogP contribution in [0.2, 0.25) is 0 Å². The Morgan fingerprint density at radius 3 is 2.65 bits per heavy atom. The Hall–Kier alpha value is -1.83. The summed E-state index contributed by atoms with van der Waals surface area (Å²) < 4.78 is 10.7. The van der Waals surface area contributed by atoms with Gasteiger partial charge in [0, 0.05) is 13.1 Å². The number of fused-ring (bicyclic) bond motifs is 1. The predicted octanol–water partition coefficient (Wildman–Crippen LogP) is 0.131. The zero-order valence-electron chi connectivity index (χ0n) is 15.0. The van der Waals surface area contributed by atoms with Gasteiger partial charge in [0.2, 0.25) is 0 Å². The summed E-state index contributed by atoms with van der Waals surface area (Å²) in [6.07, 6.45) is -0.987. The van der Waals surface area contributed by atoms with Crippen molar-refractivity contribution in [3.63, 3.8) is 0 Å². The monoisotopic (exact) mass is 361 g/mol. The van der Waals surface area contributed by atoms with Crippen LogP contribution in [0.4, 0.5) is 4.79 Å². The molecule has 4 rings (SSSR count). The number of nitrogens with one attached hydrogen (secondary N) is 3. The number of aliphatic hydroxyl groups is 1. The summed E-state index contributed by atoms with van der Waals surface area (Å²) in [6, 6.07) is 7.69. The lowest BCUT2D eigenvalue weighted by molar-refractivity contribution is 0.0188. The largest absolute Gasteiger partial charge is 0.497 e. The van der Waals surface area contributed by atoms with Gasteiger partial charge in [-0.2, -0.15) is 0 Å². The smallest absolute Gasteiger partial charge is 0.407 e. The van der Waals surface area contributed by atoms with Crippen LogP contribution in [0.15, 0.2) is 24.3 Å². The Bertz CT molecular complexity index is 628. The van der Waals surface area contributed by atoms with E-state index in [1.165, 1.54) is 0 Å². The number of hydrogen-bond donors (Lipinski definition) is 4. The molecule has 7 heteroatoms. The summed E-state index contributed by atoms with van der Waals surface area (Å²) in [6.45, 7) is 3.20. The Labute approximate surface area is 153 Å². The summed E-state index contributed by atoms with van der Waals surface area (Å²) in [4.78, 5) is 12.2. The van der Waals surface area contributed by atoms with Crippen molar-refractivity contribution in [2.75, 3.05) is 33.3 Å². The minimum absolute atomic E-state index is 0.103. The van der Waals surface area contributed by atoms with Gasteiger partial charge in [-0.3, -0.25) is 0 Å². The number of methoxy groups -OCH3 is 1. The van der Waals surface area contributed by atoms with E-state index in [0.29, 0.717) is 37.3 Å². The van der Waals surface area contributed by atoms with Gasteiger partial charge < -0.3 is 30.5 Å². The van der Waals surface area contributed by atoms with E-state index in [9.17, 15) is 9.90 Å². The van der Waals surface area contributed by atoms with E-state index in [1.54, 1.807) is 7.11 Å². The number of piperidine rings is 1. The quantitative estimate of drug-likeness (QED) is 0.576. The van der Waals surface area contributed by atoms with Crippen LogP contribution < -0.4 is 20.7 Å². The highest BCUT2D eigenvalue weighted by Gasteiger charge is 2.52. The van der Waals surface area contributed by atoms with E-state index >= 15 is 0 Å². The van der Waals surface area contributed by atoms with Crippen molar-refractivity contribution in [2.45, 2.75) is 24.7 Å². The van der Waals surface area contributed by atoms with Gasteiger partial charge in [0.25, 0.3) is 0 Å². The lowest BCUT2D eigenvalue weighted by Crippen LogP contribution is -2.42. The molecule has 1 aromatic rings. The second-order valence-electron chi connectivity index (χ2n) is 7.53. The lowest BCUT2D eigenvalue weighted by Gasteiger charge is -2.22. The SMILES string of the molecule is COc1ccc(C[C@H]2NC[C@H](O)[C@H]2OC(=O)NCC2[C@H]3CNC[C@@H]23)cc1. The van der Waals surface area contributed by atoms with Crippen molar-refractivity contribution >= 4 is 6.09 Å². The number of rotatable bonds is 6. The molecule has 7 nitrogen and oxygen atoms in total.